The summed E-state index contributed by atoms with van der Waals surface area (Å²) in [6, 6.07) is 0. The second-order valence-corrected chi connectivity index (χ2v) is 2.61. The van der Waals surface area contributed by atoms with E-state index in [1.54, 1.807) is 6.92 Å². The molecule has 0 bridgehead atoms. The van der Waals surface area contributed by atoms with E-state index in [4.69, 9.17) is 14.9 Å². The van der Waals surface area contributed by atoms with Gasteiger partial charge in [-0.25, -0.2) is 0 Å². The maximum absolute atomic E-state index is 10.3. The molecule has 0 saturated carbocycles. The van der Waals surface area contributed by atoms with Gasteiger partial charge in [0.15, 0.2) is 0 Å². The summed E-state index contributed by atoms with van der Waals surface area (Å²) in [6.45, 7) is 2.15. The van der Waals surface area contributed by atoms with Gasteiger partial charge in [-0.15, -0.1) is 0 Å². The van der Waals surface area contributed by atoms with E-state index in [0.29, 0.717) is 6.61 Å². The molecule has 5 heteroatoms. The highest BCUT2D eigenvalue weighted by Crippen LogP contribution is 2.07. The van der Waals surface area contributed by atoms with Crippen molar-refractivity contribution in [1.82, 2.24) is 0 Å². The molecule has 13 heavy (non-hydrogen) atoms. The molecule has 0 aromatic heterocycles. The second-order valence-electron chi connectivity index (χ2n) is 2.61. The van der Waals surface area contributed by atoms with Crippen molar-refractivity contribution in [3.05, 3.63) is 0 Å². The Kier molecular flexibility index (Phi) is 5.88. The number of carboxylic acids is 2. The van der Waals surface area contributed by atoms with Crippen molar-refractivity contribution >= 4 is 11.9 Å². The Morgan fingerprint density at radius 1 is 1.31 bits per heavy atom. The molecule has 0 heterocycles. The van der Waals surface area contributed by atoms with Gasteiger partial charge < -0.3 is 14.9 Å². The van der Waals surface area contributed by atoms with Crippen molar-refractivity contribution in [3.63, 3.8) is 0 Å². The molecule has 2 N–H and O–H groups in total. The van der Waals surface area contributed by atoms with Gasteiger partial charge in [0, 0.05) is 13.0 Å². The van der Waals surface area contributed by atoms with E-state index >= 15 is 0 Å². The minimum Gasteiger partial charge on any atom is -0.481 e. The van der Waals surface area contributed by atoms with Crippen LogP contribution in [0.3, 0.4) is 0 Å². The molecule has 1 unspecified atom stereocenters. The van der Waals surface area contributed by atoms with Crippen molar-refractivity contribution in [2.24, 2.45) is 0 Å². The number of rotatable bonds is 7. The lowest BCUT2D eigenvalue weighted by Crippen LogP contribution is -2.18. The Labute approximate surface area is 76.3 Å². The smallest absolute Gasteiger partial charge is 0.305 e. The first-order chi connectivity index (χ1) is 6.06. The van der Waals surface area contributed by atoms with Crippen LogP contribution in [0.15, 0.2) is 0 Å². The van der Waals surface area contributed by atoms with Crippen LogP contribution in [-0.2, 0) is 14.3 Å². The molecule has 76 valence electrons. The largest absolute Gasteiger partial charge is 0.481 e. The van der Waals surface area contributed by atoms with Crippen LogP contribution in [0.5, 0.6) is 0 Å². The molecule has 0 aliphatic carbocycles. The summed E-state index contributed by atoms with van der Waals surface area (Å²) >= 11 is 0. The molecule has 0 spiro atoms. The maximum Gasteiger partial charge on any atom is 0.305 e. The van der Waals surface area contributed by atoms with E-state index in [1.807, 2.05) is 0 Å². The molecule has 0 radical (unpaired) electrons. The molecule has 0 aromatic carbocycles. The molecule has 0 aliphatic heterocycles. The highest BCUT2D eigenvalue weighted by atomic mass is 16.5. The van der Waals surface area contributed by atoms with Crippen LogP contribution in [0.2, 0.25) is 0 Å². The lowest BCUT2D eigenvalue weighted by molar-refractivity contribution is -0.142. The van der Waals surface area contributed by atoms with Crippen LogP contribution in [-0.4, -0.2) is 34.9 Å². The average Bonchev–Trinajstić information content (AvgIpc) is 1.99. The predicted octanol–water partition coefficient (Wildman–Crippen LogP) is 0.731. The van der Waals surface area contributed by atoms with Crippen molar-refractivity contribution in [1.29, 1.82) is 0 Å². The quantitative estimate of drug-likeness (QED) is 0.618. The highest BCUT2D eigenvalue weighted by molar-refractivity contribution is 5.68. The standard InChI is InChI=1S/C8H14O5/c1-2-13-6(5-8(11)12)3-4-7(9)10/h6H,2-5H2,1H3,(H,9,10)(H,11,12). The SMILES string of the molecule is CCOC(CCC(=O)O)CC(=O)O. The summed E-state index contributed by atoms with van der Waals surface area (Å²) in [5.41, 5.74) is 0. The lowest BCUT2D eigenvalue weighted by atomic mass is 10.1. The van der Waals surface area contributed by atoms with Crippen LogP contribution in [0.25, 0.3) is 0 Å². The van der Waals surface area contributed by atoms with E-state index in [9.17, 15) is 9.59 Å². The summed E-state index contributed by atoms with van der Waals surface area (Å²) < 4.78 is 5.06. The Morgan fingerprint density at radius 2 is 1.92 bits per heavy atom. The van der Waals surface area contributed by atoms with Gasteiger partial charge in [-0.2, -0.15) is 0 Å². The first-order valence-corrected chi connectivity index (χ1v) is 4.11. The predicted molar refractivity (Wildman–Crippen MR) is 44.5 cm³/mol. The van der Waals surface area contributed by atoms with Crippen LogP contribution in [0, 0.1) is 0 Å². The van der Waals surface area contributed by atoms with Gasteiger partial charge in [-0.3, -0.25) is 9.59 Å². The topological polar surface area (TPSA) is 83.8 Å². The molecule has 0 fully saturated rings. The van der Waals surface area contributed by atoms with Crippen LogP contribution < -0.4 is 0 Å². The molecule has 0 saturated heterocycles. The molecule has 0 aromatic rings. The average molecular weight is 190 g/mol. The molecular formula is C8H14O5. The Hall–Kier alpha value is -1.10. The number of hydrogen-bond acceptors (Lipinski definition) is 3. The summed E-state index contributed by atoms with van der Waals surface area (Å²) in [5, 5.41) is 16.8. The fourth-order valence-corrected chi connectivity index (χ4v) is 0.959. The number of hydrogen-bond donors (Lipinski definition) is 2. The third-order valence-electron chi connectivity index (χ3n) is 1.48. The second kappa shape index (κ2) is 6.42. The van der Waals surface area contributed by atoms with Gasteiger partial charge in [-0.05, 0) is 13.3 Å². The molecule has 0 amide bonds. The van der Waals surface area contributed by atoms with Crippen LogP contribution in [0.4, 0.5) is 0 Å². The molecule has 1 atom stereocenters. The van der Waals surface area contributed by atoms with Crippen molar-refractivity contribution < 1.29 is 24.5 Å². The summed E-state index contributed by atoms with van der Waals surface area (Å²) in [4.78, 5) is 20.5. The van der Waals surface area contributed by atoms with E-state index in [0.717, 1.165) is 0 Å². The highest BCUT2D eigenvalue weighted by Gasteiger charge is 2.14. The summed E-state index contributed by atoms with van der Waals surface area (Å²) in [6.07, 6.45) is -0.437. The first-order valence-electron chi connectivity index (χ1n) is 4.11. The van der Waals surface area contributed by atoms with Gasteiger partial charge in [0.2, 0.25) is 0 Å². The number of carbonyl (C=O) groups is 2. The maximum atomic E-state index is 10.3. The van der Waals surface area contributed by atoms with E-state index < -0.39 is 18.0 Å². The molecule has 5 nitrogen and oxygen atoms in total. The zero-order chi connectivity index (χ0) is 10.3. The summed E-state index contributed by atoms with van der Waals surface area (Å²) in [7, 11) is 0. The van der Waals surface area contributed by atoms with E-state index in [-0.39, 0.29) is 19.3 Å². The van der Waals surface area contributed by atoms with Gasteiger partial charge in [0.25, 0.3) is 0 Å². The zero-order valence-electron chi connectivity index (χ0n) is 7.52. The normalized spacial score (nSPS) is 12.4. The first kappa shape index (κ1) is 11.9. The van der Waals surface area contributed by atoms with Crippen molar-refractivity contribution in [2.75, 3.05) is 6.61 Å². The molecular weight excluding hydrogens is 176 g/mol. The number of aliphatic carboxylic acids is 2. The minimum absolute atomic E-state index is 0.0576. The van der Waals surface area contributed by atoms with Gasteiger partial charge in [0.1, 0.15) is 0 Å². The third kappa shape index (κ3) is 7.27. The van der Waals surface area contributed by atoms with E-state index in [1.165, 1.54) is 0 Å². The zero-order valence-corrected chi connectivity index (χ0v) is 7.52. The fraction of sp³-hybridized carbons (Fsp3) is 0.750. The van der Waals surface area contributed by atoms with Gasteiger partial charge >= 0.3 is 11.9 Å². The van der Waals surface area contributed by atoms with Gasteiger partial charge in [0.05, 0.1) is 12.5 Å². The molecule has 0 aliphatic rings. The Morgan fingerprint density at radius 3 is 2.31 bits per heavy atom. The number of carboxylic acid groups (broad SMARTS) is 2. The fourth-order valence-electron chi connectivity index (χ4n) is 0.959. The van der Waals surface area contributed by atoms with Crippen molar-refractivity contribution in [2.45, 2.75) is 32.3 Å². The summed E-state index contributed by atoms with van der Waals surface area (Å²) in [5.74, 6) is -1.90. The molecule has 0 rings (SSSR count). The minimum atomic E-state index is -0.969. The van der Waals surface area contributed by atoms with Crippen molar-refractivity contribution in [3.8, 4) is 0 Å². The monoisotopic (exact) mass is 190 g/mol. The van der Waals surface area contributed by atoms with E-state index in [2.05, 4.69) is 0 Å². The van der Waals surface area contributed by atoms with Crippen LogP contribution in [0.1, 0.15) is 26.2 Å². The number of ether oxygens (including phenoxy) is 1. The Balaban J connectivity index is 3.79. The lowest BCUT2D eigenvalue weighted by Gasteiger charge is -2.12. The van der Waals surface area contributed by atoms with Crippen LogP contribution >= 0.6 is 0 Å². The third-order valence-corrected chi connectivity index (χ3v) is 1.48. The Bertz CT molecular complexity index is 177. The van der Waals surface area contributed by atoms with Gasteiger partial charge in [-0.1, -0.05) is 0 Å².